The molecular weight excluding hydrogens is 338 g/mol. The minimum atomic E-state index is -0.0733. The number of hydrogen-bond acceptors (Lipinski definition) is 7. The summed E-state index contributed by atoms with van der Waals surface area (Å²) < 4.78 is 1.83. The molecule has 1 amide bonds. The predicted molar refractivity (Wildman–Crippen MR) is 95.0 cm³/mol. The van der Waals surface area contributed by atoms with Crippen molar-refractivity contribution in [2.24, 2.45) is 5.92 Å². The molecule has 25 heavy (non-hydrogen) atoms. The third kappa shape index (κ3) is 3.36. The minimum Gasteiger partial charge on any atom is -0.356 e. The molecule has 0 radical (unpaired) electrons. The Balaban J connectivity index is 1.44. The van der Waals surface area contributed by atoms with Gasteiger partial charge in [-0.05, 0) is 13.3 Å². The lowest BCUT2D eigenvalue weighted by Crippen LogP contribution is -2.27. The lowest BCUT2D eigenvalue weighted by atomic mass is 10.1. The smallest absolute Gasteiger partial charge is 0.231 e. The van der Waals surface area contributed by atoms with Crippen molar-refractivity contribution in [3.05, 3.63) is 42.2 Å². The summed E-state index contributed by atoms with van der Waals surface area (Å²) in [6.45, 7) is 3.39. The quantitative estimate of drug-likeness (QED) is 0.769. The third-order valence-corrected chi connectivity index (χ3v) is 4.97. The maximum Gasteiger partial charge on any atom is 0.231 e. The van der Waals surface area contributed by atoms with Gasteiger partial charge in [-0.2, -0.15) is 0 Å². The molecule has 4 heterocycles. The van der Waals surface area contributed by atoms with Crippen LogP contribution in [0.1, 0.15) is 11.3 Å². The van der Waals surface area contributed by atoms with E-state index in [1.54, 1.807) is 18.7 Å². The minimum absolute atomic E-state index is 0.0146. The number of aromatic nitrogens is 5. The summed E-state index contributed by atoms with van der Waals surface area (Å²) in [7, 11) is 0. The van der Waals surface area contributed by atoms with E-state index in [1.807, 2.05) is 23.8 Å². The first-order valence-corrected chi connectivity index (χ1v) is 8.79. The molecule has 1 saturated heterocycles. The first-order valence-electron chi connectivity index (χ1n) is 7.97. The Morgan fingerprint density at radius 3 is 2.96 bits per heavy atom. The molecule has 3 aromatic heterocycles. The van der Waals surface area contributed by atoms with E-state index in [-0.39, 0.29) is 11.8 Å². The maximum absolute atomic E-state index is 12.4. The summed E-state index contributed by atoms with van der Waals surface area (Å²) in [6, 6.07) is 1.91. The van der Waals surface area contributed by atoms with Gasteiger partial charge in [-0.1, -0.05) is 0 Å². The number of carbonyl (C=O) groups is 1. The predicted octanol–water partition coefficient (Wildman–Crippen LogP) is 1.89. The van der Waals surface area contributed by atoms with Gasteiger partial charge < -0.3 is 10.2 Å². The van der Waals surface area contributed by atoms with Crippen molar-refractivity contribution >= 4 is 28.2 Å². The van der Waals surface area contributed by atoms with Crippen LogP contribution in [-0.2, 0) is 4.79 Å². The molecule has 128 valence electrons. The Morgan fingerprint density at radius 1 is 1.32 bits per heavy atom. The van der Waals surface area contributed by atoms with E-state index in [0.29, 0.717) is 11.7 Å². The van der Waals surface area contributed by atoms with Crippen molar-refractivity contribution in [2.75, 3.05) is 23.3 Å². The van der Waals surface area contributed by atoms with E-state index in [0.717, 1.165) is 29.5 Å². The van der Waals surface area contributed by atoms with Crippen molar-refractivity contribution in [3.8, 4) is 5.82 Å². The number of nitrogens with zero attached hydrogens (tertiary/aromatic N) is 6. The highest BCUT2D eigenvalue weighted by Gasteiger charge is 2.29. The standard InChI is InChI=1S/C16H17N7OS/c1-11-7-18-16(25-11)21-15(24)12-2-4-22(8-12)13-6-14(20-9-19-13)23-5-3-17-10-23/h3,5-7,9-10,12H,2,4,8H2,1H3,(H,18,21,24). The van der Waals surface area contributed by atoms with Crippen molar-refractivity contribution in [1.29, 1.82) is 0 Å². The van der Waals surface area contributed by atoms with Gasteiger partial charge >= 0.3 is 0 Å². The summed E-state index contributed by atoms with van der Waals surface area (Å²) >= 11 is 1.49. The number of aryl methyl sites for hydroxylation is 1. The average molecular weight is 355 g/mol. The van der Waals surface area contributed by atoms with E-state index in [9.17, 15) is 4.79 Å². The van der Waals surface area contributed by atoms with E-state index in [2.05, 4.69) is 30.2 Å². The van der Waals surface area contributed by atoms with Gasteiger partial charge in [0.2, 0.25) is 5.91 Å². The third-order valence-electron chi connectivity index (χ3n) is 4.14. The zero-order valence-electron chi connectivity index (χ0n) is 13.7. The first-order chi connectivity index (χ1) is 12.2. The largest absolute Gasteiger partial charge is 0.356 e. The van der Waals surface area contributed by atoms with Gasteiger partial charge in [0.25, 0.3) is 0 Å². The van der Waals surface area contributed by atoms with E-state index >= 15 is 0 Å². The van der Waals surface area contributed by atoms with Gasteiger partial charge in [0.05, 0.1) is 5.92 Å². The Bertz CT molecular complexity index is 876. The van der Waals surface area contributed by atoms with Gasteiger partial charge in [0.1, 0.15) is 24.3 Å². The summed E-state index contributed by atoms with van der Waals surface area (Å²) in [4.78, 5) is 32.5. The van der Waals surface area contributed by atoms with Crippen LogP contribution in [0.15, 0.2) is 37.3 Å². The number of nitrogens with one attached hydrogen (secondary N) is 1. The molecule has 0 bridgehead atoms. The van der Waals surface area contributed by atoms with Crippen LogP contribution in [0.4, 0.5) is 10.9 Å². The Morgan fingerprint density at radius 2 is 2.20 bits per heavy atom. The molecule has 3 aromatic rings. The second-order valence-electron chi connectivity index (χ2n) is 5.90. The fourth-order valence-corrected chi connectivity index (χ4v) is 3.52. The van der Waals surface area contributed by atoms with Crippen LogP contribution >= 0.6 is 11.3 Å². The number of amides is 1. The molecule has 8 nitrogen and oxygen atoms in total. The van der Waals surface area contributed by atoms with Crippen molar-refractivity contribution in [3.63, 3.8) is 0 Å². The summed E-state index contributed by atoms with van der Waals surface area (Å²) in [5.41, 5.74) is 0. The molecule has 0 spiro atoms. The summed E-state index contributed by atoms with van der Waals surface area (Å²) in [6.07, 6.45) is 9.33. The molecule has 4 rings (SSSR count). The second kappa shape index (κ2) is 6.60. The Kier molecular flexibility index (Phi) is 4.14. The number of anilines is 2. The molecular formula is C16H17N7OS. The highest BCUT2D eigenvalue weighted by Crippen LogP contribution is 2.25. The molecule has 1 unspecified atom stereocenters. The van der Waals surface area contributed by atoms with Crippen LogP contribution in [0, 0.1) is 12.8 Å². The number of thiazole rings is 1. The zero-order chi connectivity index (χ0) is 17.2. The Labute approximate surface area is 148 Å². The van der Waals surface area contributed by atoms with E-state index in [1.165, 1.54) is 17.7 Å². The molecule has 1 N–H and O–H groups in total. The molecule has 0 aliphatic carbocycles. The zero-order valence-corrected chi connectivity index (χ0v) is 14.5. The molecule has 0 aromatic carbocycles. The lowest BCUT2D eigenvalue weighted by Gasteiger charge is -2.17. The molecule has 1 fully saturated rings. The van der Waals surface area contributed by atoms with Gasteiger partial charge in [-0.25, -0.2) is 19.9 Å². The molecule has 1 aliphatic rings. The van der Waals surface area contributed by atoms with Crippen LogP contribution < -0.4 is 10.2 Å². The molecule has 0 saturated carbocycles. The number of carbonyl (C=O) groups excluding carboxylic acids is 1. The fourth-order valence-electron chi connectivity index (χ4n) is 2.85. The van der Waals surface area contributed by atoms with Crippen LogP contribution in [0.3, 0.4) is 0 Å². The van der Waals surface area contributed by atoms with Crippen molar-refractivity contribution < 1.29 is 4.79 Å². The first kappa shape index (κ1) is 15.7. The van der Waals surface area contributed by atoms with E-state index in [4.69, 9.17) is 0 Å². The molecule has 9 heteroatoms. The monoisotopic (exact) mass is 355 g/mol. The second-order valence-corrected chi connectivity index (χ2v) is 7.14. The van der Waals surface area contributed by atoms with Crippen LogP contribution in [-0.4, -0.2) is 43.5 Å². The summed E-state index contributed by atoms with van der Waals surface area (Å²) in [5, 5.41) is 3.56. The number of imidazole rings is 1. The maximum atomic E-state index is 12.4. The Hall–Kier alpha value is -2.81. The topological polar surface area (TPSA) is 88.8 Å². The SMILES string of the molecule is Cc1cnc(NC(=O)C2CCN(c3cc(-n4ccnc4)ncn3)C2)s1. The van der Waals surface area contributed by atoms with E-state index < -0.39 is 0 Å². The van der Waals surface area contributed by atoms with Crippen LogP contribution in [0.5, 0.6) is 0 Å². The number of rotatable bonds is 4. The van der Waals surface area contributed by atoms with Gasteiger partial charge in [-0.15, -0.1) is 11.3 Å². The van der Waals surface area contributed by atoms with Crippen molar-refractivity contribution in [1.82, 2.24) is 24.5 Å². The lowest BCUT2D eigenvalue weighted by molar-refractivity contribution is -0.119. The van der Waals surface area contributed by atoms with Crippen LogP contribution in [0.25, 0.3) is 5.82 Å². The fraction of sp³-hybridized carbons (Fsp3) is 0.312. The highest BCUT2D eigenvalue weighted by molar-refractivity contribution is 7.15. The highest BCUT2D eigenvalue weighted by atomic mass is 32.1. The van der Waals surface area contributed by atoms with Crippen molar-refractivity contribution in [2.45, 2.75) is 13.3 Å². The van der Waals surface area contributed by atoms with Gasteiger partial charge in [0.15, 0.2) is 5.13 Å². The van der Waals surface area contributed by atoms with Gasteiger partial charge in [-0.3, -0.25) is 9.36 Å². The molecule has 1 aliphatic heterocycles. The summed E-state index contributed by atoms with van der Waals surface area (Å²) in [5.74, 6) is 1.52. The number of hydrogen-bond donors (Lipinski definition) is 1. The van der Waals surface area contributed by atoms with Gasteiger partial charge in [0, 0.05) is 42.6 Å². The van der Waals surface area contributed by atoms with Crippen LogP contribution in [0.2, 0.25) is 0 Å². The normalized spacial score (nSPS) is 17.0. The molecule has 1 atom stereocenters. The average Bonchev–Trinajstić information content (AvgIpc) is 3.37.